The van der Waals surface area contributed by atoms with Crippen molar-refractivity contribution in [3.8, 4) is 11.1 Å². The normalized spacial score (nSPS) is 11.2. The minimum atomic E-state index is 0.695. The van der Waals surface area contributed by atoms with Gasteiger partial charge in [0.15, 0.2) is 5.58 Å². The van der Waals surface area contributed by atoms with E-state index in [-0.39, 0.29) is 0 Å². The summed E-state index contributed by atoms with van der Waals surface area (Å²) in [5.41, 5.74) is 7.03. The number of hydrogen-bond donors (Lipinski definition) is 0. The van der Waals surface area contributed by atoms with E-state index in [0.29, 0.717) is 5.02 Å². The number of para-hydroxylation sites is 2. The third kappa shape index (κ3) is 3.45. The molecule has 158 valence electrons. The molecule has 6 aromatic rings. The van der Waals surface area contributed by atoms with Gasteiger partial charge in [-0.25, -0.2) is 0 Å². The highest BCUT2D eigenvalue weighted by molar-refractivity contribution is 6.38. The van der Waals surface area contributed by atoms with Gasteiger partial charge < -0.3 is 9.32 Å². The topological polar surface area (TPSA) is 16.4 Å². The fraction of sp³-hybridized carbons (Fsp3) is 0. The van der Waals surface area contributed by atoms with Gasteiger partial charge in [0.1, 0.15) is 5.58 Å². The molecule has 0 N–H and O–H groups in total. The smallest absolute Gasteiger partial charge is 0.159 e. The molecular weight excluding hydrogens is 426 g/mol. The van der Waals surface area contributed by atoms with Crippen molar-refractivity contribution in [1.82, 2.24) is 0 Å². The summed E-state index contributed by atoms with van der Waals surface area (Å²) in [6, 6.07) is 41.4. The van der Waals surface area contributed by atoms with Crippen LogP contribution >= 0.6 is 11.6 Å². The Bertz CT molecular complexity index is 1570. The molecular formula is C30H20ClNO. The molecule has 0 saturated heterocycles. The Hall–Kier alpha value is -4.01. The highest BCUT2D eigenvalue weighted by Gasteiger charge is 2.20. The molecule has 0 aliphatic heterocycles. The molecule has 0 spiro atoms. The van der Waals surface area contributed by atoms with Crippen LogP contribution in [0.4, 0.5) is 17.1 Å². The van der Waals surface area contributed by atoms with Gasteiger partial charge in [-0.1, -0.05) is 90.5 Å². The van der Waals surface area contributed by atoms with Gasteiger partial charge in [-0.3, -0.25) is 0 Å². The second kappa shape index (κ2) is 8.16. The predicted molar refractivity (Wildman–Crippen MR) is 139 cm³/mol. The molecule has 0 radical (unpaired) electrons. The Balaban J connectivity index is 1.61. The van der Waals surface area contributed by atoms with Gasteiger partial charge in [0.2, 0.25) is 0 Å². The number of hydrogen-bond acceptors (Lipinski definition) is 2. The maximum Gasteiger partial charge on any atom is 0.159 e. The summed E-state index contributed by atoms with van der Waals surface area (Å²) in [6.07, 6.45) is 0. The molecule has 0 bridgehead atoms. The largest absolute Gasteiger partial charge is 0.454 e. The lowest BCUT2D eigenvalue weighted by atomic mass is 10.0. The standard InChI is InChI=1S/C30H20ClNO/c31-26-17-9-19-28-29(26)25-16-8-18-27(30(25)33-28)32(23-13-5-2-6-14-23)24-15-7-12-22(20-24)21-10-3-1-4-11-21/h1-20H. The molecule has 33 heavy (non-hydrogen) atoms. The van der Waals surface area contributed by atoms with E-state index < -0.39 is 0 Å². The number of benzene rings is 5. The van der Waals surface area contributed by atoms with Gasteiger partial charge in [0.05, 0.1) is 10.7 Å². The van der Waals surface area contributed by atoms with E-state index in [1.807, 2.05) is 30.3 Å². The van der Waals surface area contributed by atoms with Crippen LogP contribution in [0.15, 0.2) is 126 Å². The molecule has 1 heterocycles. The molecule has 0 amide bonds. The van der Waals surface area contributed by atoms with Gasteiger partial charge >= 0.3 is 0 Å². The van der Waals surface area contributed by atoms with E-state index in [1.165, 1.54) is 5.56 Å². The Labute approximate surface area is 197 Å². The second-order valence-corrected chi connectivity index (χ2v) is 8.36. The maximum absolute atomic E-state index is 6.56. The minimum Gasteiger partial charge on any atom is -0.454 e. The highest BCUT2D eigenvalue weighted by atomic mass is 35.5. The molecule has 0 fully saturated rings. The van der Waals surface area contributed by atoms with Crippen LogP contribution in [0.5, 0.6) is 0 Å². The molecule has 0 aliphatic carbocycles. The second-order valence-electron chi connectivity index (χ2n) is 7.96. The van der Waals surface area contributed by atoms with Crippen LogP contribution in [-0.2, 0) is 0 Å². The van der Waals surface area contributed by atoms with Crippen LogP contribution in [-0.4, -0.2) is 0 Å². The summed E-state index contributed by atoms with van der Waals surface area (Å²) >= 11 is 6.56. The summed E-state index contributed by atoms with van der Waals surface area (Å²) in [5, 5.41) is 2.65. The van der Waals surface area contributed by atoms with E-state index >= 15 is 0 Å². The van der Waals surface area contributed by atoms with Gasteiger partial charge in [-0.2, -0.15) is 0 Å². The average molecular weight is 446 g/mol. The van der Waals surface area contributed by atoms with Crippen molar-refractivity contribution >= 4 is 50.6 Å². The first-order valence-electron chi connectivity index (χ1n) is 10.9. The van der Waals surface area contributed by atoms with E-state index in [1.54, 1.807) is 0 Å². The molecule has 0 saturated carbocycles. The number of anilines is 3. The van der Waals surface area contributed by atoms with Crippen LogP contribution in [0.1, 0.15) is 0 Å². The van der Waals surface area contributed by atoms with Crippen molar-refractivity contribution < 1.29 is 4.42 Å². The van der Waals surface area contributed by atoms with Crippen molar-refractivity contribution in [2.45, 2.75) is 0 Å². The average Bonchev–Trinajstić information content (AvgIpc) is 3.26. The SMILES string of the molecule is Clc1cccc2oc3c(N(c4ccccc4)c4cccc(-c5ccccc5)c4)cccc3c12. The molecule has 0 atom stereocenters. The van der Waals surface area contributed by atoms with Gasteiger partial charge in [0, 0.05) is 22.1 Å². The third-order valence-corrected chi connectivity index (χ3v) is 6.23. The first-order valence-corrected chi connectivity index (χ1v) is 11.3. The quantitative estimate of drug-likeness (QED) is 0.268. The highest BCUT2D eigenvalue weighted by Crippen LogP contribution is 2.43. The summed E-state index contributed by atoms with van der Waals surface area (Å²) in [4.78, 5) is 2.24. The van der Waals surface area contributed by atoms with Crippen LogP contribution < -0.4 is 4.90 Å². The summed E-state index contributed by atoms with van der Waals surface area (Å²) in [7, 11) is 0. The fourth-order valence-corrected chi connectivity index (χ4v) is 4.69. The number of halogens is 1. The van der Waals surface area contributed by atoms with Crippen LogP contribution in [0.2, 0.25) is 5.02 Å². The zero-order chi connectivity index (χ0) is 22.2. The number of furan rings is 1. The van der Waals surface area contributed by atoms with E-state index in [4.69, 9.17) is 16.0 Å². The first kappa shape index (κ1) is 19.7. The maximum atomic E-state index is 6.56. The van der Waals surface area contributed by atoms with Gasteiger partial charge in [-0.05, 0) is 53.6 Å². The lowest BCUT2D eigenvalue weighted by Gasteiger charge is -2.26. The van der Waals surface area contributed by atoms with Gasteiger partial charge in [-0.15, -0.1) is 0 Å². The van der Waals surface area contributed by atoms with E-state index in [0.717, 1.165) is 44.6 Å². The van der Waals surface area contributed by atoms with Crippen molar-refractivity contribution in [2.24, 2.45) is 0 Å². The number of rotatable bonds is 4. The Kier molecular flexibility index (Phi) is 4.86. The Morgan fingerprint density at radius 2 is 1.24 bits per heavy atom. The zero-order valence-corrected chi connectivity index (χ0v) is 18.5. The molecule has 0 aliphatic rings. The van der Waals surface area contributed by atoms with E-state index in [2.05, 4.69) is 95.9 Å². The van der Waals surface area contributed by atoms with Crippen LogP contribution in [0, 0.1) is 0 Å². The Morgan fingerprint density at radius 3 is 2.06 bits per heavy atom. The fourth-order valence-electron chi connectivity index (χ4n) is 4.43. The summed E-state index contributed by atoms with van der Waals surface area (Å²) in [6.45, 7) is 0. The summed E-state index contributed by atoms with van der Waals surface area (Å²) < 4.78 is 6.38. The molecule has 6 rings (SSSR count). The predicted octanol–water partition coefficient (Wildman–Crippen LogP) is 9.38. The van der Waals surface area contributed by atoms with Crippen molar-refractivity contribution in [2.75, 3.05) is 4.90 Å². The van der Waals surface area contributed by atoms with Crippen molar-refractivity contribution in [3.05, 3.63) is 126 Å². The zero-order valence-electron chi connectivity index (χ0n) is 17.8. The Morgan fingerprint density at radius 1 is 0.576 bits per heavy atom. The first-order chi connectivity index (χ1) is 16.3. The summed E-state index contributed by atoms with van der Waals surface area (Å²) in [5.74, 6) is 0. The van der Waals surface area contributed by atoms with Crippen LogP contribution in [0.25, 0.3) is 33.1 Å². The third-order valence-electron chi connectivity index (χ3n) is 5.92. The molecule has 5 aromatic carbocycles. The monoisotopic (exact) mass is 445 g/mol. The molecule has 2 nitrogen and oxygen atoms in total. The number of nitrogens with zero attached hydrogens (tertiary/aromatic N) is 1. The minimum absolute atomic E-state index is 0.695. The van der Waals surface area contributed by atoms with Crippen molar-refractivity contribution in [3.63, 3.8) is 0 Å². The lowest BCUT2D eigenvalue weighted by Crippen LogP contribution is -2.10. The molecule has 3 heteroatoms. The van der Waals surface area contributed by atoms with Crippen LogP contribution in [0.3, 0.4) is 0 Å². The number of fused-ring (bicyclic) bond motifs is 3. The van der Waals surface area contributed by atoms with E-state index in [9.17, 15) is 0 Å². The van der Waals surface area contributed by atoms with Gasteiger partial charge in [0.25, 0.3) is 0 Å². The lowest BCUT2D eigenvalue weighted by molar-refractivity contribution is 0.669. The molecule has 0 unspecified atom stereocenters. The molecule has 1 aromatic heterocycles. The van der Waals surface area contributed by atoms with Crippen molar-refractivity contribution in [1.29, 1.82) is 0 Å².